The van der Waals surface area contributed by atoms with Gasteiger partial charge in [-0.25, -0.2) is 0 Å². The van der Waals surface area contributed by atoms with Gasteiger partial charge < -0.3 is 15.3 Å². The summed E-state index contributed by atoms with van der Waals surface area (Å²) in [6.45, 7) is -0.193. The predicted molar refractivity (Wildman–Crippen MR) is 58.8 cm³/mol. The molecule has 1 aliphatic heterocycles. The van der Waals surface area contributed by atoms with E-state index in [-0.39, 0.29) is 37.2 Å². The van der Waals surface area contributed by atoms with E-state index in [1.54, 1.807) is 0 Å². The van der Waals surface area contributed by atoms with Crippen LogP contribution in [0.5, 0.6) is 0 Å². The van der Waals surface area contributed by atoms with Gasteiger partial charge in [0.2, 0.25) is 11.8 Å². The average molecular weight is 238 g/mol. The minimum atomic E-state index is -1.10. The van der Waals surface area contributed by atoms with Crippen LogP contribution in [0.4, 0.5) is 0 Å². The molecule has 2 amide bonds. The molecule has 1 rings (SSSR count). The van der Waals surface area contributed by atoms with E-state index in [4.69, 9.17) is 11.5 Å². The highest BCUT2D eigenvalue weighted by molar-refractivity contribution is 5.86. The first-order chi connectivity index (χ1) is 8.04. The van der Waals surface area contributed by atoms with Crippen molar-refractivity contribution >= 4 is 17.8 Å². The topological polar surface area (TPSA) is 86.7 Å². The second-order valence-corrected chi connectivity index (χ2v) is 3.83. The minimum absolute atomic E-state index is 0.0322. The van der Waals surface area contributed by atoms with Gasteiger partial charge in [0.1, 0.15) is 6.54 Å². The van der Waals surface area contributed by atoms with Crippen molar-refractivity contribution in [2.75, 3.05) is 19.6 Å². The number of carboxylic acid groups (broad SMARTS) is 1. The van der Waals surface area contributed by atoms with Crippen LogP contribution in [0.25, 0.3) is 0 Å². The number of aliphatic carboxylic acids is 1. The predicted octanol–water partition coefficient (Wildman–Crippen LogP) is -0.941. The third-order valence-electron chi connectivity index (χ3n) is 2.53. The van der Waals surface area contributed by atoms with Crippen LogP contribution in [-0.2, 0) is 14.4 Å². The van der Waals surface area contributed by atoms with Crippen molar-refractivity contribution in [1.82, 2.24) is 10.2 Å². The van der Waals surface area contributed by atoms with Gasteiger partial charge in [-0.1, -0.05) is 5.92 Å². The van der Waals surface area contributed by atoms with Crippen molar-refractivity contribution < 1.29 is 19.5 Å². The van der Waals surface area contributed by atoms with Gasteiger partial charge >= 0.3 is 5.97 Å². The van der Waals surface area contributed by atoms with Crippen molar-refractivity contribution in [2.24, 2.45) is 5.92 Å². The summed E-state index contributed by atoms with van der Waals surface area (Å²) in [5, 5.41) is 11.2. The lowest BCUT2D eigenvalue weighted by Gasteiger charge is -2.27. The first-order valence-electron chi connectivity index (χ1n) is 5.25. The first kappa shape index (κ1) is 13.0. The highest BCUT2D eigenvalue weighted by atomic mass is 16.4. The van der Waals surface area contributed by atoms with E-state index in [9.17, 15) is 14.4 Å². The highest BCUT2D eigenvalue weighted by Crippen LogP contribution is 2.13. The molecule has 1 aliphatic rings. The first-order valence-corrected chi connectivity index (χ1v) is 5.25. The molecule has 0 saturated carbocycles. The van der Waals surface area contributed by atoms with E-state index in [1.807, 2.05) is 0 Å². The Hall–Kier alpha value is -2.03. The molecular weight excluding hydrogens is 224 g/mol. The molecule has 0 aromatic rings. The number of carbonyl (C=O) groups is 3. The Morgan fingerprint density at radius 3 is 2.76 bits per heavy atom. The van der Waals surface area contributed by atoms with Gasteiger partial charge in [-0.3, -0.25) is 14.4 Å². The Morgan fingerprint density at radius 2 is 2.29 bits per heavy atom. The number of nitrogens with zero attached hydrogens (tertiary/aromatic N) is 1. The van der Waals surface area contributed by atoms with Crippen molar-refractivity contribution in [3.05, 3.63) is 0 Å². The lowest BCUT2D eigenvalue weighted by molar-refractivity contribution is -0.146. The summed E-state index contributed by atoms with van der Waals surface area (Å²) in [5.74, 6) is 0.377. The number of piperidine rings is 1. The van der Waals surface area contributed by atoms with Crippen LogP contribution in [0, 0.1) is 18.3 Å². The molecule has 1 fully saturated rings. The summed E-state index contributed by atoms with van der Waals surface area (Å²) in [4.78, 5) is 34.6. The fourth-order valence-electron chi connectivity index (χ4n) is 1.69. The van der Waals surface area contributed by atoms with E-state index in [2.05, 4.69) is 11.2 Å². The van der Waals surface area contributed by atoms with Gasteiger partial charge in [-0.05, 0) is 6.42 Å². The molecule has 17 heavy (non-hydrogen) atoms. The van der Waals surface area contributed by atoms with Crippen molar-refractivity contribution in [1.29, 1.82) is 0 Å². The fraction of sp³-hybridized carbons (Fsp3) is 0.545. The van der Waals surface area contributed by atoms with Crippen LogP contribution in [0.2, 0.25) is 0 Å². The third kappa shape index (κ3) is 3.79. The van der Waals surface area contributed by atoms with E-state index in [0.29, 0.717) is 6.42 Å². The molecule has 1 atom stereocenters. The van der Waals surface area contributed by atoms with Gasteiger partial charge in [-0.15, -0.1) is 6.42 Å². The smallest absolute Gasteiger partial charge is 0.323 e. The molecule has 1 unspecified atom stereocenters. The molecule has 0 aromatic carbocycles. The minimum Gasteiger partial charge on any atom is -0.480 e. The molecule has 6 heteroatoms. The van der Waals surface area contributed by atoms with Gasteiger partial charge in [0, 0.05) is 13.0 Å². The Morgan fingerprint density at radius 1 is 1.59 bits per heavy atom. The Bertz CT molecular complexity index is 362. The molecule has 0 radical (unpaired) electrons. The molecule has 0 spiro atoms. The average Bonchev–Trinajstić information content (AvgIpc) is 2.28. The van der Waals surface area contributed by atoms with E-state index < -0.39 is 12.5 Å². The molecule has 0 bridgehead atoms. The molecule has 1 saturated heterocycles. The molecular formula is C11H14N2O4. The quantitative estimate of drug-likeness (QED) is 0.619. The van der Waals surface area contributed by atoms with Gasteiger partial charge in [0.05, 0.1) is 12.5 Å². The van der Waals surface area contributed by atoms with Crippen molar-refractivity contribution in [3.63, 3.8) is 0 Å². The maximum absolute atomic E-state index is 11.9. The van der Waals surface area contributed by atoms with Crippen LogP contribution in [0.1, 0.15) is 12.8 Å². The largest absolute Gasteiger partial charge is 0.480 e. The molecule has 2 N–H and O–H groups in total. The summed E-state index contributed by atoms with van der Waals surface area (Å²) >= 11 is 0. The zero-order valence-corrected chi connectivity index (χ0v) is 9.31. The fourth-order valence-corrected chi connectivity index (χ4v) is 1.69. The number of amides is 2. The molecule has 6 nitrogen and oxygen atoms in total. The zero-order chi connectivity index (χ0) is 12.8. The SMILES string of the molecule is C#CCN(CC(=O)O)C(=O)C1CCC(=O)NC1. The van der Waals surface area contributed by atoms with Crippen LogP contribution in [0.15, 0.2) is 0 Å². The number of terminal acetylenes is 1. The van der Waals surface area contributed by atoms with E-state index in [1.165, 1.54) is 0 Å². The number of rotatable bonds is 4. The number of carbonyl (C=O) groups excluding carboxylic acids is 2. The third-order valence-corrected chi connectivity index (χ3v) is 2.53. The molecule has 0 aromatic heterocycles. The second kappa shape index (κ2) is 5.89. The van der Waals surface area contributed by atoms with E-state index in [0.717, 1.165) is 4.90 Å². The summed E-state index contributed by atoms with van der Waals surface area (Å²) in [5.41, 5.74) is 0. The summed E-state index contributed by atoms with van der Waals surface area (Å²) in [7, 11) is 0. The number of hydrogen-bond donors (Lipinski definition) is 2. The van der Waals surface area contributed by atoms with Crippen molar-refractivity contribution in [3.8, 4) is 12.3 Å². The van der Waals surface area contributed by atoms with Gasteiger partial charge in [-0.2, -0.15) is 0 Å². The normalized spacial score (nSPS) is 19.0. The lowest BCUT2D eigenvalue weighted by Crippen LogP contribution is -2.46. The second-order valence-electron chi connectivity index (χ2n) is 3.83. The summed E-state index contributed by atoms with van der Waals surface area (Å²) in [6, 6.07) is 0. The Kier molecular flexibility index (Phi) is 4.52. The Balaban J connectivity index is 2.61. The molecule has 1 heterocycles. The van der Waals surface area contributed by atoms with E-state index >= 15 is 0 Å². The van der Waals surface area contributed by atoms with Crippen LogP contribution in [0.3, 0.4) is 0 Å². The highest BCUT2D eigenvalue weighted by Gasteiger charge is 2.28. The standard InChI is InChI=1S/C11H14N2O4/c1-2-5-13(7-10(15)16)11(17)8-3-4-9(14)12-6-8/h1,8H,3-7H2,(H,12,14)(H,15,16). The van der Waals surface area contributed by atoms with Crippen LogP contribution in [-0.4, -0.2) is 47.4 Å². The van der Waals surface area contributed by atoms with Gasteiger partial charge in [0.15, 0.2) is 0 Å². The number of nitrogens with one attached hydrogen (secondary N) is 1. The maximum Gasteiger partial charge on any atom is 0.323 e. The lowest BCUT2D eigenvalue weighted by atomic mass is 9.97. The maximum atomic E-state index is 11.9. The Labute approximate surface area is 99.0 Å². The van der Waals surface area contributed by atoms with Crippen molar-refractivity contribution in [2.45, 2.75) is 12.8 Å². The number of carboxylic acids is 1. The molecule has 92 valence electrons. The van der Waals surface area contributed by atoms with Crippen LogP contribution < -0.4 is 5.32 Å². The molecule has 0 aliphatic carbocycles. The zero-order valence-electron chi connectivity index (χ0n) is 9.31. The van der Waals surface area contributed by atoms with Crippen LogP contribution >= 0.6 is 0 Å². The monoisotopic (exact) mass is 238 g/mol. The number of hydrogen-bond acceptors (Lipinski definition) is 3. The van der Waals surface area contributed by atoms with Gasteiger partial charge in [0.25, 0.3) is 0 Å². The summed E-state index contributed by atoms with van der Waals surface area (Å²) < 4.78 is 0. The summed E-state index contributed by atoms with van der Waals surface area (Å²) in [6.07, 6.45) is 5.81.